The third kappa shape index (κ3) is 6.66. The van der Waals surface area contributed by atoms with E-state index in [9.17, 15) is 5.11 Å². The summed E-state index contributed by atoms with van der Waals surface area (Å²) in [4.78, 5) is 4.86. The molecule has 0 saturated carbocycles. The summed E-state index contributed by atoms with van der Waals surface area (Å²) in [5.41, 5.74) is 1.18. The molecule has 3 rings (SSSR count). The molecular formula is C22H36N2O3. The molecule has 0 aliphatic carbocycles. The van der Waals surface area contributed by atoms with Gasteiger partial charge in [-0.1, -0.05) is 25.3 Å². The molecule has 2 fully saturated rings. The van der Waals surface area contributed by atoms with Crippen molar-refractivity contribution in [3.63, 3.8) is 0 Å². The Kier molecular flexibility index (Phi) is 8.24. The predicted octanol–water partition coefficient (Wildman–Crippen LogP) is 3.30. The van der Waals surface area contributed by atoms with Gasteiger partial charge < -0.3 is 19.5 Å². The lowest BCUT2D eigenvalue weighted by Crippen LogP contribution is -2.37. The van der Waals surface area contributed by atoms with Gasteiger partial charge in [0.05, 0.1) is 7.11 Å². The zero-order valence-electron chi connectivity index (χ0n) is 16.9. The highest BCUT2D eigenvalue weighted by Gasteiger charge is 2.17. The van der Waals surface area contributed by atoms with Gasteiger partial charge in [0.15, 0.2) is 0 Å². The molecule has 0 aromatic heterocycles. The molecule has 0 radical (unpaired) electrons. The smallest absolute Gasteiger partial charge is 0.127 e. The minimum absolute atomic E-state index is 0.330. The lowest BCUT2D eigenvalue weighted by Gasteiger charge is -2.27. The number of likely N-dealkylation sites (tertiary alicyclic amines) is 2. The van der Waals surface area contributed by atoms with Gasteiger partial charge in [0.25, 0.3) is 0 Å². The first-order chi connectivity index (χ1) is 13.2. The van der Waals surface area contributed by atoms with Gasteiger partial charge in [-0.15, -0.1) is 0 Å². The highest BCUT2D eigenvalue weighted by molar-refractivity contribution is 5.40. The van der Waals surface area contributed by atoms with E-state index in [1.807, 2.05) is 12.1 Å². The number of aliphatic hydroxyl groups excluding tert-OH is 1. The molecule has 27 heavy (non-hydrogen) atoms. The molecule has 0 spiro atoms. The van der Waals surface area contributed by atoms with Crippen LogP contribution in [0.4, 0.5) is 0 Å². The number of hydrogen-bond acceptors (Lipinski definition) is 5. The van der Waals surface area contributed by atoms with Crippen LogP contribution in [-0.4, -0.2) is 67.5 Å². The molecule has 2 aliphatic rings. The SMILES string of the molecule is COc1ccc(CN2CCCC2)c(OCC(O)CN2CCCCCCC2)c1. The zero-order chi connectivity index (χ0) is 18.9. The van der Waals surface area contributed by atoms with Crippen molar-refractivity contribution in [1.82, 2.24) is 9.80 Å². The van der Waals surface area contributed by atoms with E-state index in [4.69, 9.17) is 9.47 Å². The maximum atomic E-state index is 10.5. The maximum absolute atomic E-state index is 10.5. The van der Waals surface area contributed by atoms with Crippen molar-refractivity contribution in [2.75, 3.05) is 46.4 Å². The second-order valence-corrected chi connectivity index (χ2v) is 7.99. The van der Waals surface area contributed by atoms with Crippen molar-refractivity contribution in [2.24, 2.45) is 0 Å². The first kappa shape index (κ1) is 20.4. The van der Waals surface area contributed by atoms with Crippen LogP contribution in [0.15, 0.2) is 18.2 Å². The minimum atomic E-state index is -0.463. The number of rotatable bonds is 8. The Balaban J connectivity index is 1.54. The Hall–Kier alpha value is -1.30. The fraction of sp³-hybridized carbons (Fsp3) is 0.727. The van der Waals surface area contributed by atoms with Crippen LogP contribution in [-0.2, 0) is 6.54 Å². The summed E-state index contributed by atoms with van der Waals surface area (Å²) in [6.45, 7) is 6.43. The topological polar surface area (TPSA) is 45.2 Å². The van der Waals surface area contributed by atoms with E-state index in [2.05, 4.69) is 15.9 Å². The highest BCUT2D eigenvalue weighted by atomic mass is 16.5. The molecule has 1 aromatic carbocycles. The van der Waals surface area contributed by atoms with Crippen LogP contribution in [0, 0.1) is 0 Å². The van der Waals surface area contributed by atoms with Crippen LogP contribution < -0.4 is 9.47 Å². The Morgan fingerprint density at radius 1 is 0.926 bits per heavy atom. The van der Waals surface area contributed by atoms with Crippen molar-refractivity contribution in [3.8, 4) is 11.5 Å². The second kappa shape index (κ2) is 10.9. The number of methoxy groups -OCH3 is 1. The fourth-order valence-corrected chi connectivity index (χ4v) is 4.14. The fourth-order valence-electron chi connectivity index (χ4n) is 4.14. The number of nitrogens with zero attached hydrogens (tertiary/aromatic N) is 2. The van der Waals surface area contributed by atoms with E-state index in [1.54, 1.807) is 7.11 Å². The first-order valence-electron chi connectivity index (χ1n) is 10.7. The average molecular weight is 377 g/mol. The van der Waals surface area contributed by atoms with Crippen molar-refractivity contribution in [2.45, 2.75) is 57.6 Å². The van der Waals surface area contributed by atoms with Crippen molar-refractivity contribution < 1.29 is 14.6 Å². The van der Waals surface area contributed by atoms with Crippen LogP contribution in [0.25, 0.3) is 0 Å². The molecule has 152 valence electrons. The summed E-state index contributed by atoms with van der Waals surface area (Å²) in [7, 11) is 1.68. The molecule has 5 nitrogen and oxygen atoms in total. The maximum Gasteiger partial charge on any atom is 0.127 e. The molecule has 1 N–H and O–H groups in total. The minimum Gasteiger partial charge on any atom is -0.497 e. The quantitative estimate of drug-likeness (QED) is 0.754. The number of benzene rings is 1. The van der Waals surface area contributed by atoms with Gasteiger partial charge in [-0.25, -0.2) is 0 Å². The molecular weight excluding hydrogens is 340 g/mol. The van der Waals surface area contributed by atoms with E-state index in [1.165, 1.54) is 50.5 Å². The largest absolute Gasteiger partial charge is 0.497 e. The standard InChI is InChI=1S/C22H36N2O3/c1-26-21-10-9-19(16-23-13-7-8-14-23)22(15-21)27-18-20(25)17-24-11-5-3-2-4-6-12-24/h9-10,15,20,25H,2-8,11-14,16-18H2,1H3. The molecule has 1 atom stereocenters. The van der Waals surface area contributed by atoms with Crippen LogP contribution >= 0.6 is 0 Å². The summed E-state index contributed by atoms with van der Waals surface area (Å²) >= 11 is 0. The third-order valence-corrected chi connectivity index (χ3v) is 5.72. The second-order valence-electron chi connectivity index (χ2n) is 7.99. The molecule has 2 heterocycles. The van der Waals surface area contributed by atoms with Crippen LogP contribution in [0.3, 0.4) is 0 Å². The van der Waals surface area contributed by atoms with E-state index in [0.29, 0.717) is 13.2 Å². The normalized spacial score (nSPS) is 20.8. The molecule has 2 saturated heterocycles. The number of hydrogen-bond donors (Lipinski definition) is 1. The number of aliphatic hydroxyl groups is 1. The summed E-state index contributed by atoms with van der Waals surface area (Å²) in [6.07, 6.45) is 8.55. The van der Waals surface area contributed by atoms with Crippen molar-refractivity contribution in [1.29, 1.82) is 0 Å². The van der Waals surface area contributed by atoms with Gasteiger partial charge in [0.2, 0.25) is 0 Å². The number of β-amino-alcohol motifs (C(OH)–C–C–N with tert-alkyl or cyclic N) is 1. The highest BCUT2D eigenvalue weighted by Crippen LogP contribution is 2.27. The molecule has 2 aliphatic heterocycles. The molecule has 5 heteroatoms. The van der Waals surface area contributed by atoms with Gasteiger partial charge in [0, 0.05) is 24.7 Å². The summed E-state index contributed by atoms with van der Waals surface area (Å²) < 4.78 is 11.4. The Morgan fingerprint density at radius 2 is 1.56 bits per heavy atom. The molecule has 1 unspecified atom stereocenters. The van der Waals surface area contributed by atoms with Gasteiger partial charge >= 0.3 is 0 Å². The summed E-state index contributed by atoms with van der Waals surface area (Å²) in [5.74, 6) is 1.64. The Morgan fingerprint density at radius 3 is 2.26 bits per heavy atom. The lowest BCUT2D eigenvalue weighted by molar-refractivity contribution is 0.0648. The predicted molar refractivity (Wildman–Crippen MR) is 109 cm³/mol. The van der Waals surface area contributed by atoms with Gasteiger partial charge in [0.1, 0.15) is 24.2 Å². The monoisotopic (exact) mass is 376 g/mol. The number of ether oxygens (including phenoxy) is 2. The summed E-state index contributed by atoms with van der Waals surface area (Å²) in [6, 6.07) is 6.04. The van der Waals surface area contributed by atoms with Crippen LogP contribution in [0.5, 0.6) is 11.5 Å². The average Bonchev–Trinajstić information content (AvgIpc) is 3.16. The lowest BCUT2D eigenvalue weighted by atomic mass is 10.1. The Bertz CT molecular complexity index is 552. The third-order valence-electron chi connectivity index (χ3n) is 5.72. The molecule has 0 amide bonds. The molecule has 0 bridgehead atoms. The van der Waals surface area contributed by atoms with E-state index < -0.39 is 6.10 Å². The van der Waals surface area contributed by atoms with Gasteiger partial charge in [-0.05, 0) is 57.9 Å². The van der Waals surface area contributed by atoms with Gasteiger partial charge in [-0.3, -0.25) is 4.90 Å². The van der Waals surface area contributed by atoms with E-state index >= 15 is 0 Å². The molecule has 1 aromatic rings. The van der Waals surface area contributed by atoms with Crippen molar-refractivity contribution >= 4 is 0 Å². The summed E-state index contributed by atoms with van der Waals surface area (Å²) in [5, 5.41) is 10.5. The first-order valence-corrected chi connectivity index (χ1v) is 10.7. The van der Waals surface area contributed by atoms with E-state index in [-0.39, 0.29) is 0 Å². The van der Waals surface area contributed by atoms with Crippen LogP contribution in [0.1, 0.15) is 50.5 Å². The zero-order valence-corrected chi connectivity index (χ0v) is 16.9. The van der Waals surface area contributed by atoms with Crippen LogP contribution in [0.2, 0.25) is 0 Å². The Labute approximate surface area is 164 Å². The van der Waals surface area contributed by atoms with Crippen molar-refractivity contribution in [3.05, 3.63) is 23.8 Å². The van der Waals surface area contributed by atoms with E-state index in [0.717, 1.165) is 44.2 Å². The van der Waals surface area contributed by atoms with Gasteiger partial charge in [-0.2, -0.15) is 0 Å².